The molecule has 0 saturated heterocycles. The zero-order valence-electron chi connectivity index (χ0n) is 10.5. The van der Waals surface area contributed by atoms with Crippen LogP contribution in [0.4, 0.5) is 0 Å². The number of hydrogen-bond acceptors (Lipinski definition) is 3. The van der Waals surface area contributed by atoms with Gasteiger partial charge in [-0.2, -0.15) is 0 Å². The summed E-state index contributed by atoms with van der Waals surface area (Å²) >= 11 is 3.44. The lowest BCUT2D eigenvalue weighted by Gasteiger charge is -2.00. The molecule has 2 aromatic rings. The number of ketones is 1. The van der Waals surface area contributed by atoms with Crippen LogP contribution in [0.15, 0.2) is 53.0 Å². The van der Waals surface area contributed by atoms with Gasteiger partial charge in [0, 0.05) is 10.0 Å². The second-order valence-corrected chi connectivity index (χ2v) is 5.14. The van der Waals surface area contributed by atoms with Gasteiger partial charge in [-0.05, 0) is 42.0 Å². The van der Waals surface area contributed by atoms with Crippen LogP contribution in [0.3, 0.4) is 0 Å². The Balaban J connectivity index is 1.81. The predicted molar refractivity (Wildman–Crippen MR) is 80.1 cm³/mol. The van der Waals surface area contributed by atoms with Crippen LogP contribution in [0.2, 0.25) is 0 Å². The Morgan fingerprint density at radius 1 is 1.10 bits per heavy atom. The van der Waals surface area contributed by atoms with Crippen molar-refractivity contribution < 1.29 is 14.3 Å². The minimum atomic E-state index is -0.0703. The summed E-state index contributed by atoms with van der Waals surface area (Å²) in [6, 6.07) is 12.9. The second-order valence-electron chi connectivity index (χ2n) is 4.29. The number of carbonyl (C=O) groups excluding carboxylic acids is 1. The Morgan fingerprint density at radius 2 is 1.90 bits per heavy atom. The first-order chi connectivity index (χ1) is 9.74. The molecule has 0 N–H and O–H groups in total. The molecule has 3 nitrogen and oxygen atoms in total. The van der Waals surface area contributed by atoms with Gasteiger partial charge in [0.15, 0.2) is 17.3 Å². The van der Waals surface area contributed by atoms with Crippen molar-refractivity contribution >= 4 is 27.8 Å². The molecule has 0 amide bonds. The monoisotopic (exact) mass is 330 g/mol. The van der Waals surface area contributed by atoms with E-state index in [-0.39, 0.29) is 12.6 Å². The van der Waals surface area contributed by atoms with E-state index in [0.29, 0.717) is 17.1 Å². The van der Waals surface area contributed by atoms with Gasteiger partial charge in [0.2, 0.25) is 6.79 Å². The molecule has 0 saturated carbocycles. The van der Waals surface area contributed by atoms with E-state index >= 15 is 0 Å². The van der Waals surface area contributed by atoms with Gasteiger partial charge in [0.05, 0.1) is 0 Å². The fourth-order valence-corrected chi connectivity index (χ4v) is 2.34. The van der Waals surface area contributed by atoms with Crippen LogP contribution in [0.5, 0.6) is 11.5 Å². The fraction of sp³-hybridized carbons (Fsp3) is 0.0625. The van der Waals surface area contributed by atoms with Crippen LogP contribution in [-0.4, -0.2) is 12.6 Å². The average molecular weight is 331 g/mol. The second kappa shape index (κ2) is 5.51. The highest BCUT2D eigenvalue weighted by Crippen LogP contribution is 2.32. The molecule has 0 bridgehead atoms. The number of halogens is 1. The van der Waals surface area contributed by atoms with Gasteiger partial charge in [-0.3, -0.25) is 4.79 Å². The van der Waals surface area contributed by atoms with Gasteiger partial charge in [-0.25, -0.2) is 0 Å². The third-order valence-electron chi connectivity index (χ3n) is 2.98. The molecule has 100 valence electrons. The number of benzene rings is 2. The summed E-state index contributed by atoms with van der Waals surface area (Å²) in [6.07, 6.45) is 3.34. The number of allylic oxidation sites excluding steroid dienone is 1. The van der Waals surface area contributed by atoms with E-state index in [2.05, 4.69) is 15.9 Å². The molecule has 0 atom stereocenters. The predicted octanol–water partition coefficient (Wildman–Crippen LogP) is 4.07. The van der Waals surface area contributed by atoms with Crippen LogP contribution in [0, 0.1) is 0 Å². The fourth-order valence-electron chi connectivity index (χ4n) is 1.92. The third-order valence-corrected chi connectivity index (χ3v) is 3.70. The molecule has 1 aliphatic heterocycles. The molecule has 20 heavy (non-hydrogen) atoms. The Hall–Kier alpha value is -2.07. The van der Waals surface area contributed by atoms with E-state index < -0.39 is 0 Å². The molecule has 0 spiro atoms. The maximum atomic E-state index is 12.1. The first-order valence-corrected chi connectivity index (χ1v) is 6.90. The lowest BCUT2D eigenvalue weighted by molar-refractivity contribution is 0.104. The maximum absolute atomic E-state index is 12.1. The number of hydrogen-bond donors (Lipinski definition) is 0. The van der Waals surface area contributed by atoms with Crippen molar-refractivity contribution in [1.29, 1.82) is 0 Å². The zero-order chi connectivity index (χ0) is 13.9. The van der Waals surface area contributed by atoms with Crippen LogP contribution in [0.25, 0.3) is 6.08 Å². The summed E-state index contributed by atoms with van der Waals surface area (Å²) in [5.74, 6) is 1.22. The lowest BCUT2D eigenvalue weighted by Crippen LogP contribution is -1.94. The van der Waals surface area contributed by atoms with Gasteiger partial charge in [0.1, 0.15) is 0 Å². The quantitative estimate of drug-likeness (QED) is 0.628. The Morgan fingerprint density at radius 3 is 2.75 bits per heavy atom. The topological polar surface area (TPSA) is 35.5 Å². The van der Waals surface area contributed by atoms with Crippen molar-refractivity contribution in [2.75, 3.05) is 6.79 Å². The minimum Gasteiger partial charge on any atom is -0.454 e. The summed E-state index contributed by atoms with van der Waals surface area (Å²) in [6.45, 7) is 0.208. The Labute approximate surface area is 125 Å². The summed E-state index contributed by atoms with van der Waals surface area (Å²) in [5, 5.41) is 0. The molecule has 3 rings (SSSR count). The van der Waals surface area contributed by atoms with E-state index in [1.54, 1.807) is 30.4 Å². The van der Waals surface area contributed by atoms with E-state index in [4.69, 9.17) is 9.47 Å². The number of fused-ring (bicyclic) bond motifs is 1. The molecule has 0 unspecified atom stereocenters. The lowest BCUT2D eigenvalue weighted by atomic mass is 10.1. The molecule has 2 aromatic carbocycles. The zero-order valence-corrected chi connectivity index (χ0v) is 12.1. The molecular weight excluding hydrogens is 320 g/mol. The number of carbonyl (C=O) groups is 1. The highest BCUT2D eigenvalue weighted by Gasteiger charge is 2.15. The number of ether oxygens (including phenoxy) is 2. The highest BCUT2D eigenvalue weighted by atomic mass is 79.9. The van der Waals surface area contributed by atoms with E-state index in [9.17, 15) is 4.79 Å². The Kier molecular flexibility index (Phi) is 3.56. The summed E-state index contributed by atoms with van der Waals surface area (Å²) in [5.41, 5.74) is 1.54. The summed E-state index contributed by atoms with van der Waals surface area (Å²) < 4.78 is 11.4. The van der Waals surface area contributed by atoms with Crippen molar-refractivity contribution in [3.63, 3.8) is 0 Å². The molecule has 1 heterocycles. The van der Waals surface area contributed by atoms with E-state index in [1.165, 1.54) is 0 Å². The van der Waals surface area contributed by atoms with Gasteiger partial charge in [-0.15, -0.1) is 0 Å². The van der Waals surface area contributed by atoms with E-state index in [0.717, 1.165) is 10.0 Å². The SMILES string of the molecule is O=C(C=Cc1ccccc1Br)c1ccc2c(c1)OCO2. The summed E-state index contributed by atoms with van der Waals surface area (Å²) in [4.78, 5) is 12.1. The third kappa shape index (κ3) is 2.60. The maximum Gasteiger partial charge on any atom is 0.231 e. The standard InChI is InChI=1S/C16H11BrO3/c17-13-4-2-1-3-11(13)5-7-14(18)12-6-8-15-16(9-12)20-10-19-15/h1-9H,10H2. The van der Waals surface area contributed by atoms with Crippen LogP contribution >= 0.6 is 15.9 Å². The van der Waals surface area contributed by atoms with Crippen molar-refractivity contribution in [3.05, 3.63) is 64.1 Å². The largest absolute Gasteiger partial charge is 0.454 e. The van der Waals surface area contributed by atoms with Crippen LogP contribution in [-0.2, 0) is 0 Å². The van der Waals surface area contributed by atoms with E-state index in [1.807, 2.05) is 24.3 Å². The smallest absolute Gasteiger partial charge is 0.231 e. The van der Waals surface area contributed by atoms with Gasteiger partial charge in [0.25, 0.3) is 0 Å². The van der Waals surface area contributed by atoms with Gasteiger partial charge in [-0.1, -0.05) is 34.1 Å². The van der Waals surface area contributed by atoms with Crippen LogP contribution < -0.4 is 9.47 Å². The molecule has 0 aliphatic carbocycles. The molecule has 4 heteroatoms. The highest BCUT2D eigenvalue weighted by molar-refractivity contribution is 9.10. The molecule has 0 radical (unpaired) electrons. The van der Waals surface area contributed by atoms with Crippen LogP contribution in [0.1, 0.15) is 15.9 Å². The first kappa shape index (κ1) is 12.9. The summed E-state index contributed by atoms with van der Waals surface area (Å²) in [7, 11) is 0. The van der Waals surface area contributed by atoms with Crippen molar-refractivity contribution in [2.24, 2.45) is 0 Å². The van der Waals surface area contributed by atoms with Crippen molar-refractivity contribution in [1.82, 2.24) is 0 Å². The normalized spacial score (nSPS) is 12.8. The molecule has 0 aromatic heterocycles. The number of rotatable bonds is 3. The Bertz CT molecular complexity index is 692. The van der Waals surface area contributed by atoms with Crippen molar-refractivity contribution in [3.8, 4) is 11.5 Å². The van der Waals surface area contributed by atoms with Gasteiger partial charge < -0.3 is 9.47 Å². The van der Waals surface area contributed by atoms with Gasteiger partial charge >= 0.3 is 0 Å². The molecular formula is C16H11BrO3. The van der Waals surface area contributed by atoms with Crippen molar-refractivity contribution in [2.45, 2.75) is 0 Å². The first-order valence-electron chi connectivity index (χ1n) is 6.10. The average Bonchev–Trinajstić information content (AvgIpc) is 2.93. The molecule has 1 aliphatic rings. The molecule has 0 fully saturated rings. The minimum absolute atomic E-state index is 0.0703.